The van der Waals surface area contributed by atoms with Crippen molar-refractivity contribution in [2.75, 3.05) is 10.6 Å². The molecule has 1 unspecified atom stereocenters. The van der Waals surface area contributed by atoms with Gasteiger partial charge in [0.1, 0.15) is 23.2 Å². The van der Waals surface area contributed by atoms with E-state index < -0.39 is 6.04 Å². The predicted molar refractivity (Wildman–Crippen MR) is 155 cm³/mol. The molecule has 10 heteroatoms. The van der Waals surface area contributed by atoms with Crippen molar-refractivity contribution in [2.24, 2.45) is 0 Å². The van der Waals surface area contributed by atoms with Crippen molar-refractivity contribution < 1.29 is 4.79 Å². The molecular weight excluding hydrogens is 516 g/mol. The number of nitrogens with one attached hydrogen (secondary N) is 3. The summed E-state index contributed by atoms with van der Waals surface area (Å²) in [6, 6.07) is 15.2. The van der Waals surface area contributed by atoms with Crippen LogP contribution >= 0.6 is 11.6 Å². The number of aromatic amines is 1. The first-order valence-corrected chi connectivity index (χ1v) is 13.1. The van der Waals surface area contributed by atoms with Gasteiger partial charge in [0, 0.05) is 29.8 Å². The highest BCUT2D eigenvalue weighted by Crippen LogP contribution is 2.35. The third kappa shape index (κ3) is 5.00. The number of carbonyl (C=O) groups is 1. The Labute approximate surface area is 228 Å². The van der Waals surface area contributed by atoms with Crippen LogP contribution in [0.1, 0.15) is 44.8 Å². The van der Waals surface area contributed by atoms with Gasteiger partial charge in [-0.15, -0.1) is 0 Å². The van der Waals surface area contributed by atoms with Crippen LogP contribution in [-0.2, 0) is 4.79 Å². The predicted octanol–water partition coefficient (Wildman–Crippen LogP) is 5.58. The number of carbonyl (C=O) groups excluding carboxylic acids is 1. The van der Waals surface area contributed by atoms with Gasteiger partial charge in [-0.1, -0.05) is 55.3 Å². The Morgan fingerprint density at radius 2 is 1.85 bits per heavy atom. The molecule has 3 N–H and O–H groups in total. The minimum absolute atomic E-state index is 0.161. The van der Waals surface area contributed by atoms with Gasteiger partial charge in [0.25, 0.3) is 5.56 Å². The number of rotatable bonds is 8. The fourth-order valence-electron chi connectivity index (χ4n) is 4.69. The third-order valence-electron chi connectivity index (χ3n) is 6.54. The van der Waals surface area contributed by atoms with E-state index in [1.807, 2.05) is 44.2 Å². The summed E-state index contributed by atoms with van der Waals surface area (Å²) in [7, 11) is 0. The molecule has 5 rings (SSSR count). The Kier molecular flexibility index (Phi) is 7.42. The largest absolute Gasteiger partial charge is 0.361 e. The quantitative estimate of drug-likeness (QED) is 0.235. The van der Waals surface area contributed by atoms with Crippen molar-refractivity contribution in [3.05, 3.63) is 98.4 Å². The molecule has 3 aromatic heterocycles. The number of halogens is 1. The molecule has 0 aliphatic rings. The van der Waals surface area contributed by atoms with E-state index in [0.717, 1.165) is 12.8 Å². The zero-order valence-corrected chi connectivity index (χ0v) is 22.2. The molecule has 0 spiro atoms. The Morgan fingerprint density at radius 3 is 2.62 bits per heavy atom. The first kappa shape index (κ1) is 26.1. The fourth-order valence-corrected chi connectivity index (χ4v) is 5.09. The lowest BCUT2D eigenvalue weighted by atomic mass is 10.0. The van der Waals surface area contributed by atoms with Gasteiger partial charge >= 0.3 is 0 Å². The number of amides is 1. The number of para-hydroxylation sites is 1. The number of nitrogens with zero attached hydrogens (tertiary/aromatic N) is 3. The summed E-state index contributed by atoms with van der Waals surface area (Å²) >= 11 is 7.06. The number of H-pyrrole nitrogens is 1. The summed E-state index contributed by atoms with van der Waals surface area (Å²) in [6.07, 6.45) is 4.87. The summed E-state index contributed by atoms with van der Waals surface area (Å²) in [6.45, 7) is 3.86. The van der Waals surface area contributed by atoms with Gasteiger partial charge in [-0.3, -0.25) is 19.0 Å². The minimum atomic E-state index is -0.560. The number of aromatic nitrogens is 4. The van der Waals surface area contributed by atoms with Crippen LogP contribution in [0.3, 0.4) is 0 Å². The lowest BCUT2D eigenvalue weighted by molar-refractivity contribution is -0.116. The maximum atomic E-state index is 14.2. The summed E-state index contributed by atoms with van der Waals surface area (Å²) < 4.78 is 1.54. The number of hydrogen-bond acceptors (Lipinski definition) is 6. The van der Waals surface area contributed by atoms with Gasteiger partial charge in [0.2, 0.25) is 5.91 Å². The van der Waals surface area contributed by atoms with E-state index in [0.29, 0.717) is 56.1 Å². The van der Waals surface area contributed by atoms with E-state index in [1.165, 1.54) is 23.2 Å². The van der Waals surface area contributed by atoms with E-state index in [4.69, 9.17) is 11.6 Å². The van der Waals surface area contributed by atoms with Crippen molar-refractivity contribution >= 4 is 50.8 Å². The van der Waals surface area contributed by atoms with Crippen molar-refractivity contribution in [2.45, 2.75) is 39.2 Å². The van der Waals surface area contributed by atoms with Crippen LogP contribution in [0.5, 0.6) is 0 Å². The van der Waals surface area contributed by atoms with Gasteiger partial charge in [-0.2, -0.15) is 0 Å². The van der Waals surface area contributed by atoms with Crippen molar-refractivity contribution in [3.8, 4) is 5.69 Å². The number of anilines is 2. The van der Waals surface area contributed by atoms with Gasteiger partial charge in [-0.25, -0.2) is 9.97 Å². The lowest BCUT2D eigenvalue weighted by Crippen LogP contribution is -2.27. The van der Waals surface area contributed by atoms with Crippen molar-refractivity contribution in [1.82, 2.24) is 19.5 Å². The number of hydrogen-bond donors (Lipinski definition) is 3. The van der Waals surface area contributed by atoms with Crippen LogP contribution in [0.15, 0.2) is 76.7 Å². The van der Waals surface area contributed by atoms with Gasteiger partial charge < -0.3 is 15.6 Å². The molecule has 0 aliphatic carbocycles. The van der Waals surface area contributed by atoms with E-state index in [2.05, 4.69) is 25.6 Å². The van der Waals surface area contributed by atoms with E-state index in [-0.39, 0.29) is 16.9 Å². The Morgan fingerprint density at radius 1 is 1.05 bits per heavy atom. The number of unbranched alkanes of at least 4 members (excludes halogenated alkanes) is 1. The van der Waals surface area contributed by atoms with Crippen LogP contribution < -0.4 is 21.6 Å². The first-order chi connectivity index (χ1) is 18.9. The van der Waals surface area contributed by atoms with Gasteiger partial charge in [0.05, 0.1) is 27.8 Å². The van der Waals surface area contributed by atoms with Crippen LogP contribution in [0.25, 0.3) is 27.5 Å². The van der Waals surface area contributed by atoms with Crippen LogP contribution in [0.2, 0.25) is 5.02 Å². The molecule has 0 saturated carbocycles. The zero-order valence-electron chi connectivity index (χ0n) is 21.5. The topological polar surface area (TPSA) is 122 Å². The second-order valence-electron chi connectivity index (χ2n) is 9.21. The second-order valence-corrected chi connectivity index (χ2v) is 9.59. The third-order valence-corrected chi connectivity index (χ3v) is 6.94. The minimum Gasteiger partial charge on any atom is -0.361 e. The van der Waals surface area contributed by atoms with Gasteiger partial charge in [-0.05, 0) is 31.5 Å². The highest BCUT2D eigenvalue weighted by Gasteiger charge is 2.24. The first-order valence-electron chi connectivity index (χ1n) is 12.7. The van der Waals surface area contributed by atoms with E-state index >= 15 is 0 Å². The molecule has 2 aromatic carbocycles. The Hall–Kier alpha value is -4.50. The highest BCUT2D eigenvalue weighted by molar-refractivity contribution is 6.36. The summed E-state index contributed by atoms with van der Waals surface area (Å²) in [4.78, 5) is 50.8. The van der Waals surface area contributed by atoms with Crippen LogP contribution in [0.4, 0.5) is 11.5 Å². The molecule has 9 nitrogen and oxygen atoms in total. The van der Waals surface area contributed by atoms with E-state index in [1.54, 1.807) is 18.2 Å². The van der Waals surface area contributed by atoms with Crippen molar-refractivity contribution in [3.63, 3.8) is 0 Å². The number of pyridine rings is 2. The second kappa shape index (κ2) is 11.1. The van der Waals surface area contributed by atoms with Crippen LogP contribution in [-0.4, -0.2) is 25.4 Å². The molecule has 198 valence electrons. The molecule has 0 radical (unpaired) electrons. The zero-order chi connectivity index (χ0) is 27.5. The molecule has 0 bridgehead atoms. The SMILES string of the molecule is CCCCC(=O)Nc1cccc2c(Cl)c(C(C)Nc3ncnc4[nH]ccc(=O)c34)n(-c3ccccc3)c(=O)c12. The maximum Gasteiger partial charge on any atom is 0.265 e. The average Bonchev–Trinajstić information content (AvgIpc) is 2.94. The monoisotopic (exact) mass is 542 g/mol. The molecule has 0 fully saturated rings. The lowest BCUT2D eigenvalue weighted by Gasteiger charge is -2.24. The summed E-state index contributed by atoms with van der Waals surface area (Å²) in [5.74, 6) is 0.153. The van der Waals surface area contributed by atoms with Crippen LogP contribution in [0, 0.1) is 0 Å². The smallest absolute Gasteiger partial charge is 0.265 e. The number of fused-ring (bicyclic) bond motifs is 2. The Bertz CT molecular complexity index is 1790. The summed E-state index contributed by atoms with van der Waals surface area (Å²) in [5, 5.41) is 7.63. The molecule has 3 heterocycles. The molecule has 1 atom stereocenters. The normalized spacial score (nSPS) is 12.0. The fraction of sp³-hybridized carbons (Fsp3) is 0.207. The molecule has 0 aliphatic heterocycles. The molecular formula is C29H27ClN6O3. The standard InChI is InChI=1S/C29H27ClN6O3/c1-3-4-13-22(38)35-20-12-8-11-19-23(20)29(39)36(18-9-6-5-7-10-18)26(25(19)30)17(2)34-28-24-21(37)14-15-31-27(24)32-16-33-28/h5-12,14-17H,3-4,13H2,1-2H3,(H,35,38)(H2,31,32,33,34,37). The highest BCUT2D eigenvalue weighted by atomic mass is 35.5. The molecule has 39 heavy (non-hydrogen) atoms. The molecule has 1 amide bonds. The average molecular weight is 543 g/mol. The number of benzene rings is 2. The maximum absolute atomic E-state index is 14.2. The molecule has 5 aromatic rings. The van der Waals surface area contributed by atoms with E-state index in [9.17, 15) is 14.4 Å². The molecule has 0 saturated heterocycles. The van der Waals surface area contributed by atoms with Gasteiger partial charge in [0.15, 0.2) is 5.43 Å². The summed E-state index contributed by atoms with van der Waals surface area (Å²) in [5.41, 5.74) is 1.31. The van der Waals surface area contributed by atoms with Crippen molar-refractivity contribution in [1.29, 1.82) is 0 Å². The Balaban J connectivity index is 1.71.